The predicted molar refractivity (Wildman–Crippen MR) is 85.7 cm³/mol. The Labute approximate surface area is 148 Å². The van der Waals surface area contributed by atoms with E-state index in [0.29, 0.717) is 11.3 Å². The summed E-state index contributed by atoms with van der Waals surface area (Å²) in [4.78, 5) is 23.7. The number of amides is 1. The molecule has 11 heteroatoms. The van der Waals surface area contributed by atoms with Gasteiger partial charge in [-0.25, -0.2) is 4.98 Å². The van der Waals surface area contributed by atoms with Crippen LogP contribution in [0.5, 0.6) is 0 Å². The number of carbonyl (C=O) groups is 1. The number of alkyl halides is 3. The first-order chi connectivity index (χ1) is 12.9. The van der Waals surface area contributed by atoms with E-state index in [9.17, 15) is 18.0 Å². The first-order valence-electron chi connectivity index (χ1n) is 7.51. The van der Waals surface area contributed by atoms with E-state index >= 15 is 0 Å². The molecule has 0 radical (unpaired) electrons. The average Bonchev–Trinajstić information content (AvgIpc) is 3.29. The van der Waals surface area contributed by atoms with Crippen LogP contribution in [0, 0.1) is 0 Å². The van der Waals surface area contributed by atoms with Crippen LogP contribution in [-0.2, 0) is 6.18 Å². The Balaban J connectivity index is 1.62. The van der Waals surface area contributed by atoms with E-state index < -0.39 is 18.0 Å². The molecule has 0 saturated heterocycles. The molecule has 4 rings (SSSR count). The number of rotatable bonds is 3. The summed E-state index contributed by atoms with van der Waals surface area (Å²) in [6.07, 6.45) is 1.23. The van der Waals surface area contributed by atoms with E-state index in [1.165, 1.54) is 35.1 Å². The molecular weight excluding hydrogens is 365 g/mol. The van der Waals surface area contributed by atoms with Gasteiger partial charge in [0, 0.05) is 24.2 Å². The summed E-state index contributed by atoms with van der Waals surface area (Å²) < 4.78 is 43.4. The molecule has 0 atom stereocenters. The molecule has 4 aromatic rings. The number of halogens is 3. The molecule has 0 aliphatic carbocycles. The van der Waals surface area contributed by atoms with Crippen LogP contribution in [0.15, 0.2) is 53.6 Å². The topological polar surface area (TPSA) is 98.2 Å². The van der Waals surface area contributed by atoms with Crippen LogP contribution in [0.25, 0.3) is 17.0 Å². The molecular formula is C16H9F3N6O2. The van der Waals surface area contributed by atoms with E-state index in [-0.39, 0.29) is 17.1 Å². The highest BCUT2D eigenvalue weighted by Crippen LogP contribution is 2.29. The first kappa shape index (κ1) is 16.7. The van der Waals surface area contributed by atoms with Crippen molar-refractivity contribution in [3.8, 4) is 11.4 Å². The number of pyridine rings is 2. The maximum atomic E-state index is 12.6. The molecule has 0 spiro atoms. The van der Waals surface area contributed by atoms with Gasteiger partial charge in [-0.2, -0.15) is 18.2 Å². The highest BCUT2D eigenvalue weighted by molar-refractivity contribution is 6.03. The number of fused-ring (bicyclic) bond motifs is 1. The molecule has 136 valence electrons. The van der Waals surface area contributed by atoms with E-state index in [4.69, 9.17) is 0 Å². The summed E-state index contributed by atoms with van der Waals surface area (Å²) in [7, 11) is 0. The average molecular weight is 374 g/mol. The second-order valence-electron chi connectivity index (χ2n) is 5.43. The summed E-state index contributed by atoms with van der Waals surface area (Å²) in [5.74, 6) is -2.11. The fourth-order valence-electron chi connectivity index (χ4n) is 2.32. The van der Waals surface area contributed by atoms with E-state index in [1.807, 2.05) is 0 Å². The summed E-state index contributed by atoms with van der Waals surface area (Å²) in [6.45, 7) is 0. The van der Waals surface area contributed by atoms with Gasteiger partial charge in [-0.3, -0.25) is 9.78 Å². The number of hydrogen-bond acceptors (Lipinski definition) is 6. The zero-order chi connectivity index (χ0) is 19.0. The van der Waals surface area contributed by atoms with Crippen molar-refractivity contribution in [3.05, 3.63) is 60.6 Å². The third-order valence-electron chi connectivity index (χ3n) is 3.53. The number of carbonyl (C=O) groups excluding carboxylic acids is 1. The minimum Gasteiger partial charge on any atom is -0.329 e. The van der Waals surface area contributed by atoms with Gasteiger partial charge in [0.15, 0.2) is 0 Å². The molecule has 4 heterocycles. The predicted octanol–water partition coefficient (Wildman–Crippen LogP) is 3.05. The fourth-order valence-corrected chi connectivity index (χ4v) is 2.32. The molecule has 27 heavy (non-hydrogen) atoms. The van der Waals surface area contributed by atoms with Crippen molar-refractivity contribution in [1.29, 1.82) is 0 Å². The Morgan fingerprint density at radius 3 is 2.70 bits per heavy atom. The third-order valence-corrected chi connectivity index (χ3v) is 3.53. The Kier molecular flexibility index (Phi) is 3.83. The minimum atomic E-state index is -4.72. The standard InChI is InChI=1S/C16H9F3N6O2/c17-16(18,19)15-23-13(24-27-15)9-3-4-12-22-11(8-25(12)7-9)14(26)21-10-2-1-5-20-6-10/h1-8H,(H,21,26). The number of nitrogens with zero attached hydrogens (tertiary/aromatic N) is 5. The lowest BCUT2D eigenvalue weighted by Gasteiger charge is -2.00. The Morgan fingerprint density at radius 2 is 2.00 bits per heavy atom. The highest BCUT2D eigenvalue weighted by atomic mass is 19.4. The maximum absolute atomic E-state index is 12.6. The summed E-state index contributed by atoms with van der Waals surface area (Å²) in [6, 6.07) is 6.36. The van der Waals surface area contributed by atoms with Crippen molar-refractivity contribution in [2.24, 2.45) is 0 Å². The quantitative estimate of drug-likeness (QED) is 0.592. The Bertz CT molecular complexity index is 1120. The minimum absolute atomic E-state index is 0.125. The Hall–Kier alpha value is -3.76. The molecule has 0 aliphatic rings. The first-order valence-corrected chi connectivity index (χ1v) is 7.51. The van der Waals surface area contributed by atoms with Crippen LogP contribution in [0.1, 0.15) is 16.4 Å². The van der Waals surface area contributed by atoms with Gasteiger partial charge in [0.2, 0.25) is 5.82 Å². The molecule has 1 N–H and O–H groups in total. The van der Waals surface area contributed by atoms with Gasteiger partial charge in [0.05, 0.1) is 11.9 Å². The van der Waals surface area contributed by atoms with E-state index in [0.717, 1.165) is 0 Å². The highest BCUT2D eigenvalue weighted by Gasteiger charge is 2.38. The van der Waals surface area contributed by atoms with Crippen LogP contribution in [0.4, 0.5) is 18.9 Å². The van der Waals surface area contributed by atoms with Crippen LogP contribution >= 0.6 is 0 Å². The zero-order valence-electron chi connectivity index (χ0n) is 13.3. The molecule has 0 aromatic carbocycles. The lowest BCUT2D eigenvalue weighted by atomic mass is 10.3. The second-order valence-corrected chi connectivity index (χ2v) is 5.43. The maximum Gasteiger partial charge on any atom is 0.471 e. The monoisotopic (exact) mass is 374 g/mol. The van der Waals surface area contributed by atoms with Crippen LogP contribution < -0.4 is 5.32 Å². The molecule has 0 unspecified atom stereocenters. The van der Waals surface area contributed by atoms with Crippen LogP contribution in [0.2, 0.25) is 0 Å². The largest absolute Gasteiger partial charge is 0.471 e. The van der Waals surface area contributed by atoms with Gasteiger partial charge in [-0.1, -0.05) is 5.16 Å². The van der Waals surface area contributed by atoms with Crippen molar-refractivity contribution in [3.63, 3.8) is 0 Å². The van der Waals surface area contributed by atoms with Crippen molar-refractivity contribution in [2.45, 2.75) is 6.18 Å². The summed E-state index contributed by atoms with van der Waals surface area (Å²) in [5, 5.41) is 5.97. The van der Waals surface area contributed by atoms with Gasteiger partial charge in [0.25, 0.3) is 5.91 Å². The molecule has 1 amide bonds. The molecule has 4 aromatic heterocycles. The normalized spacial score (nSPS) is 11.7. The smallest absolute Gasteiger partial charge is 0.329 e. The molecule has 8 nitrogen and oxygen atoms in total. The zero-order valence-corrected chi connectivity index (χ0v) is 13.3. The molecule has 0 bridgehead atoms. The number of nitrogens with one attached hydrogen (secondary N) is 1. The van der Waals surface area contributed by atoms with Crippen molar-refractivity contribution >= 4 is 17.2 Å². The lowest BCUT2D eigenvalue weighted by Crippen LogP contribution is -2.12. The number of aromatic nitrogens is 5. The second kappa shape index (κ2) is 6.20. The van der Waals surface area contributed by atoms with Gasteiger partial charge >= 0.3 is 12.1 Å². The summed E-state index contributed by atoms with van der Waals surface area (Å²) >= 11 is 0. The third kappa shape index (κ3) is 3.34. The van der Waals surface area contributed by atoms with Crippen LogP contribution in [0.3, 0.4) is 0 Å². The van der Waals surface area contributed by atoms with Crippen LogP contribution in [-0.4, -0.2) is 30.4 Å². The van der Waals surface area contributed by atoms with Crippen molar-refractivity contribution in [1.82, 2.24) is 24.5 Å². The van der Waals surface area contributed by atoms with E-state index in [2.05, 4.69) is 29.9 Å². The van der Waals surface area contributed by atoms with Gasteiger partial charge in [-0.15, -0.1) is 0 Å². The van der Waals surface area contributed by atoms with Gasteiger partial charge in [0.1, 0.15) is 11.3 Å². The number of hydrogen-bond donors (Lipinski definition) is 1. The number of imidazole rings is 1. The van der Waals surface area contributed by atoms with Crippen molar-refractivity contribution < 1.29 is 22.5 Å². The summed E-state index contributed by atoms with van der Waals surface area (Å²) in [5.41, 5.74) is 1.33. The molecule has 0 aliphatic heterocycles. The SMILES string of the molecule is O=C(Nc1cccnc1)c1cn2cc(-c3noc(C(F)(F)F)n3)ccc2n1. The van der Waals surface area contributed by atoms with E-state index in [1.54, 1.807) is 18.3 Å². The Morgan fingerprint density at radius 1 is 1.15 bits per heavy atom. The lowest BCUT2D eigenvalue weighted by molar-refractivity contribution is -0.159. The van der Waals surface area contributed by atoms with Gasteiger partial charge in [-0.05, 0) is 24.3 Å². The number of anilines is 1. The van der Waals surface area contributed by atoms with Gasteiger partial charge < -0.3 is 14.2 Å². The fraction of sp³-hybridized carbons (Fsp3) is 0.0625. The molecule has 0 fully saturated rings. The molecule has 0 saturated carbocycles. The van der Waals surface area contributed by atoms with Crippen molar-refractivity contribution in [2.75, 3.05) is 5.32 Å².